The number of ether oxygens (including phenoxy) is 1. The number of amides is 1. The molecule has 0 radical (unpaired) electrons. The van der Waals surface area contributed by atoms with E-state index in [1.807, 2.05) is 0 Å². The topological polar surface area (TPSA) is 180 Å². The molecule has 1 aliphatic heterocycles. The van der Waals surface area contributed by atoms with Gasteiger partial charge in [-0.2, -0.15) is 4.98 Å². The van der Waals surface area contributed by atoms with Crippen LogP contribution in [0.2, 0.25) is 0 Å². The molecule has 0 bridgehead atoms. The van der Waals surface area contributed by atoms with Crippen LogP contribution in [-0.2, 0) is 13.8 Å². The van der Waals surface area contributed by atoms with Crippen molar-refractivity contribution in [2.75, 3.05) is 11.9 Å². The smallest absolute Gasteiger partial charge is 0.387 e. The average Bonchev–Trinajstić information content (AvgIpc) is 3.24. The molecule has 0 saturated carbocycles. The van der Waals surface area contributed by atoms with Crippen LogP contribution in [-0.4, -0.2) is 60.4 Å². The second kappa shape index (κ2) is 8.19. The second-order valence-corrected chi connectivity index (χ2v) is 7.95. The van der Waals surface area contributed by atoms with Gasteiger partial charge in [-0.25, -0.2) is 9.36 Å². The molecule has 28 heavy (non-hydrogen) atoms. The molecule has 2 aromatic heterocycles. The lowest BCUT2D eigenvalue weighted by atomic mass is 10.1. The summed E-state index contributed by atoms with van der Waals surface area (Å²) in [5, 5.41) is 24.2. The van der Waals surface area contributed by atoms with Crippen molar-refractivity contribution >= 4 is 30.9 Å². The molecule has 14 heteroatoms. The minimum atomic E-state index is -4.80. The van der Waals surface area contributed by atoms with Gasteiger partial charge in [-0.05, 0) is 17.5 Å². The van der Waals surface area contributed by atoms with Gasteiger partial charge in [0.15, 0.2) is 6.23 Å². The minimum absolute atomic E-state index is 0.0194. The van der Waals surface area contributed by atoms with Crippen LogP contribution < -0.4 is 11.0 Å². The zero-order chi connectivity index (χ0) is 20.5. The van der Waals surface area contributed by atoms with Crippen LogP contribution in [0.3, 0.4) is 0 Å². The maximum absolute atomic E-state index is 12.2. The second-order valence-electron chi connectivity index (χ2n) is 5.77. The molecule has 0 aliphatic carbocycles. The minimum Gasteiger partial charge on any atom is -0.387 e. The van der Waals surface area contributed by atoms with Crippen LogP contribution in [0, 0.1) is 0 Å². The van der Waals surface area contributed by atoms with Gasteiger partial charge in [0.1, 0.15) is 24.1 Å². The summed E-state index contributed by atoms with van der Waals surface area (Å²) >= 11 is 1.21. The van der Waals surface area contributed by atoms with Gasteiger partial charge in [-0.15, -0.1) is 11.3 Å². The van der Waals surface area contributed by atoms with Crippen molar-refractivity contribution in [1.82, 2.24) is 9.55 Å². The predicted molar refractivity (Wildman–Crippen MR) is 94.7 cm³/mol. The Balaban J connectivity index is 1.72. The molecule has 1 amide bonds. The first-order valence-corrected chi connectivity index (χ1v) is 10.2. The molecule has 0 aromatic carbocycles. The van der Waals surface area contributed by atoms with Gasteiger partial charge in [0.2, 0.25) is 0 Å². The number of aromatic nitrogens is 2. The number of thiophene rings is 1. The molecule has 4 atom stereocenters. The number of aliphatic hydroxyl groups is 2. The SMILES string of the molecule is O=C(Nc1ccn([C@@H]2O[C@H](COP(=O)(O)O)[C@@H](O)[C@H]2O)c(=O)n1)c1cccs1. The number of aliphatic hydroxyl groups excluding tert-OH is 2. The highest BCUT2D eigenvalue weighted by molar-refractivity contribution is 7.46. The number of carbonyl (C=O) groups is 1. The summed E-state index contributed by atoms with van der Waals surface area (Å²) in [6.45, 7) is -0.698. The largest absolute Gasteiger partial charge is 0.469 e. The van der Waals surface area contributed by atoms with E-state index in [1.54, 1.807) is 17.5 Å². The maximum atomic E-state index is 12.2. The normalized spacial score (nSPS) is 25.0. The average molecular weight is 433 g/mol. The fourth-order valence-electron chi connectivity index (χ4n) is 2.53. The fourth-order valence-corrected chi connectivity index (χ4v) is 3.49. The van der Waals surface area contributed by atoms with Crippen LogP contribution in [0.5, 0.6) is 0 Å². The highest BCUT2D eigenvalue weighted by atomic mass is 32.1. The van der Waals surface area contributed by atoms with E-state index < -0.39 is 50.6 Å². The molecule has 3 rings (SSSR count). The van der Waals surface area contributed by atoms with Gasteiger partial charge >= 0.3 is 13.5 Å². The van der Waals surface area contributed by atoms with Crippen molar-refractivity contribution in [3.63, 3.8) is 0 Å². The van der Waals surface area contributed by atoms with Crippen LogP contribution >= 0.6 is 19.2 Å². The monoisotopic (exact) mass is 433 g/mol. The highest BCUT2D eigenvalue weighted by Gasteiger charge is 2.45. The Morgan fingerprint density at radius 3 is 2.71 bits per heavy atom. The van der Waals surface area contributed by atoms with Crippen LogP contribution in [0.15, 0.2) is 34.6 Å². The molecule has 1 fully saturated rings. The number of rotatable bonds is 6. The third kappa shape index (κ3) is 4.71. The zero-order valence-corrected chi connectivity index (χ0v) is 15.7. The van der Waals surface area contributed by atoms with Gasteiger partial charge in [-0.1, -0.05) is 6.07 Å². The number of phosphoric ester groups is 1. The van der Waals surface area contributed by atoms with Gasteiger partial charge < -0.3 is 30.1 Å². The van der Waals surface area contributed by atoms with Crippen molar-refractivity contribution < 1.29 is 38.6 Å². The highest BCUT2D eigenvalue weighted by Crippen LogP contribution is 2.38. The van der Waals surface area contributed by atoms with Crippen LogP contribution in [0.4, 0.5) is 5.82 Å². The number of nitrogens with one attached hydrogen (secondary N) is 1. The summed E-state index contributed by atoms with van der Waals surface area (Å²) in [6, 6.07) is 4.60. The molecule has 5 N–H and O–H groups in total. The first-order valence-electron chi connectivity index (χ1n) is 7.81. The quantitative estimate of drug-likeness (QED) is 0.365. The van der Waals surface area contributed by atoms with Crippen molar-refractivity contribution in [3.05, 3.63) is 45.1 Å². The van der Waals surface area contributed by atoms with E-state index in [0.29, 0.717) is 4.88 Å². The standard InChI is InChI=1S/C14H16N3O9PS/c18-10-7(6-25-27(22,23)24)26-13(11(10)19)17-4-3-9(16-14(17)21)15-12(20)8-2-1-5-28-8/h1-5,7,10-11,13,18-19H,6H2,(H2,22,23,24)(H,15,16,20,21)/t7-,10-,11-,13-/m1/s1. The van der Waals surface area contributed by atoms with Gasteiger partial charge in [0.25, 0.3) is 5.91 Å². The van der Waals surface area contributed by atoms with E-state index in [1.165, 1.54) is 23.6 Å². The Bertz CT molecular complexity index is 944. The van der Waals surface area contributed by atoms with E-state index in [9.17, 15) is 24.4 Å². The zero-order valence-electron chi connectivity index (χ0n) is 14.0. The van der Waals surface area contributed by atoms with E-state index in [4.69, 9.17) is 14.5 Å². The number of phosphoric acid groups is 1. The predicted octanol–water partition coefficient (Wildman–Crippen LogP) is -0.714. The van der Waals surface area contributed by atoms with Crippen molar-refractivity contribution in [1.29, 1.82) is 0 Å². The molecule has 0 spiro atoms. The summed E-state index contributed by atoms with van der Waals surface area (Å²) in [7, 11) is -4.80. The van der Waals surface area contributed by atoms with Gasteiger partial charge in [0.05, 0.1) is 11.5 Å². The maximum Gasteiger partial charge on any atom is 0.469 e. The lowest BCUT2D eigenvalue weighted by Crippen LogP contribution is -2.36. The summed E-state index contributed by atoms with van der Waals surface area (Å²) in [4.78, 5) is 45.8. The van der Waals surface area contributed by atoms with E-state index in [0.717, 1.165) is 4.57 Å². The fraction of sp³-hybridized carbons (Fsp3) is 0.357. The Morgan fingerprint density at radius 2 is 2.11 bits per heavy atom. The van der Waals surface area contributed by atoms with Crippen LogP contribution in [0.25, 0.3) is 0 Å². The van der Waals surface area contributed by atoms with E-state index in [-0.39, 0.29) is 5.82 Å². The number of hydrogen-bond acceptors (Lipinski definition) is 9. The summed E-state index contributed by atoms with van der Waals surface area (Å²) < 4.78 is 21.2. The van der Waals surface area contributed by atoms with Crippen molar-refractivity contribution in [2.24, 2.45) is 0 Å². The molecule has 152 valence electrons. The molecule has 1 saturated heterocycles. The van der Waals surface area contributed by atoms with Gasteiger partial charge in [-0.3, -0.25) is 13.9 Å². The van der Waals surface area contributed by atoms with Crippen molar-refractivity contribution in [3.8, 4) is 0 Å². The number of hydrogen-bond donors (Lipinski definition) is 5. The third-order valence-electron chi connectivity index (χ3n) is 3.83. The van der Waals surface area contributed by atoms with Gasteiger partial charge in [0, 0.05) is 6.20 Å². The van der Waals surface area contributed by atoms with Crippen molar-refractivity contribution in [2.45, 2.75) is 24.5 Å². The van der Waals surface area contributed by atoms with E-state index in [2.05, 4.69) is 14.8 Å². The summed E-state index contributed by atoms with van der Waals surface area (Å²) in [5.41, 5.74) is -0.878. The summed E-state index contributed by atoms with van der Waals surface area (Å²) in [5.74, 6) is -0.462. The molecule has 12 nitrogen and oxygen atoms in total. The first kappa shape index (κ1) is 20.8. The number of anilines is 1. The molecule has 0 unspecified atom stereocenters. The number of carbonyl (C=O) groups excluding carboxylic acids is 1. The first-order chi connectivity index (χ1) is 13.2. The number of nitrogens with zero attached hydrogens (tertiary/aromatic N) is 2. The Hall–Kier alpha value is -1.96. The summed E-state index contributed by atoms with van der Waals surface area (Å²) in [6.07, 6.45) is -4.56. The Labute approximate surface area is 161 Å². The molecule has 1 aliphatic rings. The Kier molecular flexibility index (Phi) is 6.07. The lowest BCUT2D eigenvalue weighted by Gasteiger charge is -2.17. The lowest BCUT2D eigenvalue weighted by molar-refractivity contribution is -0.0542. The molecule has 3 heterocycles. The Morgan fingerprint density at radius 1 is 1.36 bits per heavy atom. The molecular weight excluding hydrogens is 417 g/mol. The van der Waals surface area contributed by atoms with E-state index >= 15 is 0 Å². The third-order valence-corrected chi connectivity index (χ3v) is 5.19. The van der Waals surface area contributed by atoms with Crippen LogP contribution in [0.1, 0.15) is 15.9 Å². The molecule has 2 aromatic rings. The molecular formula is C14H16N3O9PS.